The van der Waals surface area contributed by atoms with E-state index in [1.54, 1.807) is 0 Å². The Bertz CT molecular complexity index is 656. The van der Waals surface area contributed by atoms with Crippen LogP contribution in [0.4, 0.5) is 0 Å². The van der Waals surface area contributed by atoms with Gasteiger partial charge in [-0.1, -0.05) is 24.1 Å². The quantitative estimate of drug-likeness (QED) is 0.905. The van der Waals surface area contributed by atoms with Crippen molar-refractivity contribution < 1.29 is 19.2 Å². The van der Waals surface area contributed by atoms with E-state index in [0.717, 1.165) is 17.7 Å². The Kier molecular flexibility index (Phi) is 3.50. The predicted molar refractivity (Wildman–Crippen MR) is 76.1 cm³/mol. The van der Waals surface area contributed by atoms with E-state index in [4.69, 9.17) is 4.52 Å². The van der Waals surface area contributed by atoms with Crippen molar-refractivity contribution in [3.05, 3.63) is 29.3 Å². The van der Waals surface area contributed by atoms with E-state index in [-0.39, 0.29) is 5.69 Å². The maximum Gasteiger partial charge on any atom is 0.329 e. The first-order valence-corrected chi connectivity index (χ1v) is 7.55. The Morgan fingerprint density at radius 3 is 2.76 bits per heavy atom. The normalized spacial score (nSPS) is 16.8. The smallest absolute Gasteiger partial charge is 0.329 e. The lowest BCUT2D eigenvalue weighted by atomic mass is 9.97. The standard InChI is InChI=1S/C14H14N2O4S/c17-12(15-14(13(18)19)5-1-2-6-14)9-8-10(20-16-9)11-4-3-7-21-11/h3-4,7-8H,1-2,5-6H2,(H,15,17)(H,18,19). The summed E-state index contributed by atoms with van der Waals surface area (Å²) in [5.41, 5.74) is -1.06. The number of carbonyl (C=O) groups excluding carboxylic acids is 1. The van der Waals surface area contributed by atoms with Crippen molar-refractivity contribution in [2.24, 2.45) is 0 Å². The highest BCUT2D eigenvalue weighted by Gasteiger charge is 2.43. The summed E-state index contributed by atoms with van der Waals surface area (Å²) in [6.07, 6.45) is 2.49. The van der Waals surface area contributed by atoms with Crippen LogP contribution in [0.25, 0.3) is 10.6 Å². The number of carboxylic acids is 1. The molecule has 21 heavy (non-hydrogen) atoms. The molecule has 110 valence electrons. The van der Waals surface area contributed by atoms with Gasteiger partial charge in [0.2, 0.25) is 0 Å². The minimum absolute atomic E-state index is 0.103. The van der Waals surface area contributed by atoms with E-state index in [0.29, 0.717) is 18.6 Å². The van der Waals surface area contributed by atoms with Crippen molar-refractivity contribution in [2.45, 2.75) is 31.2 Å². The molecule has 0 aromatic carbocycles. The molecule has 0 spiro atoms. The summed E-state index contributed by atoms with van der Waals surface area (Å²) in [7, 11) is 0. The minimum atomic E-state index is -1.17. The number of nitrogens with one attached hydrogen (secondary N) is 1. The van der Waals surface area contributed by atoms with E-state index in [1.807, 2.05) is 17.5 Å². The Morgan fingerprint density at radius 1 is 1.38 bits per heavy atom. The van der Waals surface area contributed by atoms with E-state index in [2.05, 4.69) is 10.5 Å². The third-order valence-corrected chi connectivity index (χ3v) is 4.61. The summed E-state index contributed by atoms with van der Waals surface area (Å²) >= 11 is 1.48. The molecule has 3 rings (SSSR count). The summed E-state index contributed by atoms with van der Waals surface area (Å²) < 4.78 is 5.14. The highest BCUT2D eigenvalue weighted by molar-refractivity contribution is 7.13. The summed E-state index contributed by atoms with van der Waals surface area (Å²) in [4.78, 5) is 24.5. The molecule has 2 aromatic rings. The first-order valence-electron chi connectivity index (χ1n) is 6.67. The Hall–Kier alpha value is -2.15. The van der Waals surface area contributed by atoms with Crippen molar-refractivity contribution in [1.29, 1.82) is 0 Å². The van der Waals surface area contributed by atoms with Gasteiger partial charge in [-0.3, -0.25) is 4.79 Å². The average molecular weight is 306 g/mol. The first kappa shape index (κ1) is 13.8. The molecule has 1 amide bonds. The zero-order chi connectivity index (χ0) is 14.9. The average Bonchev–Trinajstić information content (AvgIpc) is 3.20. The van der Waals surface area contributed by atoms with Crippen LogP contribution in [0.2, 0.25) is 0 Å². The number of hydrogen-bond donors (Lipinski definition) is 2. The first-order chi connectivity index (χ1) is 10.1. The molecule has 1 aliphatic rings. The second-order valence-electron chi connectivity index (χ2n) is 5.10. The number of aromatic nitrogens is 1. The monoisotopic (exact) mass is 306 g/mol. The molecule has 7 heteroatoms. The Balaban J connectivity index is 1.78. The highest BCUT2D eigenvalue weighted by atomic mass is 32.1. The molecule has 2 heterocycles. The van der Waals surface area contributed by atoms with Gasteiger partial charge in [0.15, 0.2) is 11.5 Å². The fourth-order valence-corrected chi connectivity index (χ4v) is 3.24. The molecule has 6 nitrogen and oxygen atoms in total. The van der Waals surface area contributed by atoms with Crippen LogP contribution in [0.5, 0.6) is 0 Å². The topological polar surface area (TPSA) is 92.4 Å². The van der Waals surface area contributed by atoms with Crippen molar-refractivity contribution in [3.8, 4) is 10.6 Å². The van der Waals surface area contributed by atoms with Crippen molar-refractivity contribution in [3.63, 3.8) is 0 Å². The molecule has 0 saturated heterocycles. The van der Waals surface area contributed by atoms with Crippen molar-refractivity contribution in [2.75, 3.05) is 0 Å². The van der Waals surface area contributed by atoms with E-state index < -0.39 is 17.4 Å². The predicted octanol–water partition coefficient (Wildman–Crippen LogP) is 2.53. The second-order valence-corrected chi connectivity index (χ2v) is 6.05. The highest BCUT2D eigenvalue weighted by Crippen LogP contribution is 2.31. The molecule has 0 unspecified atom stereocenters. The number of carboxylic acid groups (broad SMARTS) is 1. The number of hydrogen-bond acceptors (Lipinski definition) is 5. The molecular formula is C14H14N2O4S. The van der Waals surface area contributed by atoms with Gasteiger partial charge in [0.25, 0.3) is 5.91 Å². The number of carbonyl (C=O) groups is 2. The van der Waals surface area contributed by atoms with Crippen LogP contribution in [0.3, 0.4) is 0 Å². The fourth-order valence-electron chi connectivity index (χ4n) is 2.57. The minimum Gasteiger partial charge on any atom is -0.480 e. The Labute approximate surface area is 124 Å². The number of amides is 1. The van der Waals surface area contributed by atoms with Crippen molar-refractivity contribution in [1.82, 2.24) is 10.5 Å². The molecule has 2 N–H and O–H groups in total. The molecular weight excluding hydrogens is 292 g/mol. The largest absolute Gasteiger partial charge is 0.480 e. The van der Waals surface area contributed by atoms with E-state index in [9.17, 15) is 14.7 Å². The van der Waals surface area contributed by atoms with Gasteiger partial charge in [0, 0.05) is 6.07 Å². The molecule has 1 saturated carbocycles. The summed E-state index contributed by atoms with van der Waals surface area (Å²) in [5.74, 6) is -0.993. The maximum atomic E-state index is 12.2. The van der Waals surface area contributed by atoms with Gasteiger partial charge >= 0.3 is 5.97 Å². The number of rotatable bonds is 4. The lowest BCUT2D eigenvalue weighted by Gasteiger charge is -2.24. The van der Waals surface area contributed by atoms with Crippen LogP contribution in [0, 0.1) is 0 Å². The number of aliphatic carboxylic acids is 1. The van der Waals surface area contributed by atoms with E-state index in [1.165, 1.54) is 17.4 Å². The van der Waals surface area contributed by atoms with Gasteiger partial charge in [-0.2, -0.15) is 0 Å². The SMILES string of the molecule is O=C(NC1(C(=O)O)CCCC1)c1cc(-c2cccs2)on1. The van der Waals surface area contributed by atoms with E-state index >= 15 is 0 Å². The molecule has 0 aliphatic heterocycles. The van der Waals surface area contributed by atoms with Gasteiger partial charge in [0.05, 0.1) is 4.88 Å². The van der Waals surface area contributed by atoms with Crippen LogP contribution in [0.15, 0.2) is 28.1 Å². The van der Waals surface area contributed by atoms with Gasteiger partial charge < -0.3 is 14.9 Å². The number of thiophene rings is 1. The molecule has 1 aliphatic carbocycles. The summed E-state index contributed by atoms with van der Waals surface area (Å²) in [6, 6.07) is 5.27. The van der Waals surface area contributed by atoms with Gasteiger partial charge in [0.1, 0.15) is 5.54 Å². The molecule has 2 aromatic heterocycles. The summed E-state index contributed by atoms with van der Waals surface area (Å²) in [5, 5.41) is 17.6. The third-order valence-electron chi connectivity index (χ3n) is 3.73. The Morgan fingerprint density at radius 2 is 2.14 bits per heavy atom. The van der Waals surface area contributed by atoms with Crippen LogP contribution in [-0.2, 0) is 4.79 Å². The number of nitrogens with zero attached hydrogens (tertiary/aromatic N) is 1. The van der Waals surface area contributed by atoms with Crippen LogP contribution >= 0.6 is 11.3 Å². The van der Waals surface area contributed by atoms with Gasteiger partial charge in [-0.05, 0) is 24.3 Å². The zero-order valence-electron chi connectivity index (χ0n) is 11.2. The van der Waals surface area contributed by atoms with Gasteiger partial charge in [-0.25, -0.2) is 4.79 Å². The van der Waals surface area contributed by atoms with Crippen LogP contribution < -0.4 is 5.32 Å². The molecule has 0 bridgehead atoms. The molecule has 1 fully saturated rings. The lowest BCUT2D eigenvalue weighted by molar-refractivity contribution is -0.144. The second kappa shape index (κ2) is 5.33. The zero-order valence-corrected chi connectivity index (χ0v) is 12.0. The fraction of sp³-hybridized carbons (Fsp3) is 0.357. The lowest BCUT2D eigenvalue weighted by Crippen LogP contribution is -2.52. The van der Waals surface area contributed by atoms with Crippen molar-refractivity contribution >= 4 is 23.2 Å². The molecule has 0 atom stereocenters. The third kappa shape index (κ3) is 2.56. The maximum absolute atomic E-state index is 12.2. The van der Waals surface area contributed by atoms with Crippen LogP contribution in [0.1, 0.15) is 36.2 Å². The molecule has 0 radical (unpaired) electrons. The van der Waals surface area contributed by atoms with Crippen LogP contribution in [-0.4, -0.2) is 27.7 Å². The van der Waals surface area contributed by atoms with Gasteiger partial charge in [-0.15, -0.1) is 11.3 Å². The summed E-state index contributed by atoms with van der Waals surface area (Å²) in [6.45, 7) is 0.